The van der Waals surface area contributed by atoms with Crippen molar-refractivity contribution in [3.63, 3.8) is 0 Å². The van der Waals surface area contributed by atoms with E-state index in [0.717, 1.165) is 5.56 Å². The minimum Gasteiger partial charge on any atom is -0.481 e. The van der Waals surface area contributed by atoms with Crippen LogP contribution in [0.2, 0.25) is 0 Å². The van der Waals surface area contributed by atoms with Crippen molar-refractivity contribution in [2.75, 3.05) is 13.1 Å². The molecule has 1 aromatic rings. The lowest BCUT2D eigenvalue weighted by Gasteiger charge is -2.39. The second-order valence-electron chi connectivity index (χ2n) is 6.26. The summed E-state index contributed by atoms with van der Waals surface area (Å²) < 4.78 is 7.08. The van der Waals surface area contributed by atoms with Gasteiger partial charge in [-0.25, -0.2) is 4.79 Å². The Morgan fingerprint density at radius 1 is 1.43 bits per heavy atom. The number of aromatic nitrogens is 2. The highest BCUT2D eigenvalue weighted by atomic mass is 16.6. The summed E-state index contributed by atoms with van der Waals surface area (Å²) in [5, 5.41) is 12.9. The Labute approximate surface area is 123 Å². The average molecular weight is 295 g/mol. The normalized spacial score (nSPS) is 15.7. The number of nitrogens with zero attached hydrogens (tertiary/aromatic N) is 3. The highest BCUT2D eigenvalue weighted by Crippen LogP contribution is 2.23. The lowest BCUT2D eigenvalue weighted by atomic mass is 10.1. The number of aryl methyl sites for hydroxylation is 1. The lowest BCUT2D eigenvalue weighted by Crippen LogP contribution is -2.52. The smallest absolute Gasteiger partial charge is 0.410 e. The van der Waals surface area contributed by atoms with Crippen molar-refractivity contribution in [2.24, 2.45) is 0 Å². The van der Waals surface area contributed by atoms with E-state index in [-0.39, 0.29) is 18.6 Å². The molecule has 1 aliphatic heterocycles. The molecule has 0 unspecified atom stereocenters. The molecule has 0 spiro atoms. The molecule has 1 fully saturated rings. The Balaban J connectivity index is 1.82. The Morgan fingerprint density at radius 3 is 2.67 bits per heavy atom. The van der Waals surface area contributed by atoms with E-state index >= 15 is 0 Å². The number of aliphatic carboxylic acids is 1. The van der Waals surface area contributed by atoms with Crippen LogP contribution in [0.5, 0.6) is 0 Å². The molecule has 1 N–H and O–H groups in total. The van der Waals surface area contributed by atoms with Crippen LogP contribution < -0.4 is 0 Å². The molecule has 21 heavy (non-hydrogen) atoms. The van der Waals surface area contributed by atoms with Gasteiger partial charge in [-0.15, -0.1) is 0 Å². The van der Waals surface area contributed by atoms with E-state index in [1.807, 2.05) is 27.0 Å². The zero-order chi connectivity index (χ0) is 15.6. The Kier molecular flexibility index (Phi) is 4.20. The number of hydrogen-bond acceptors (Lipinski definition) is 4. The van der Waals surface area contributed by atoms with Crippen LogP contribution in [0.25, 0.3) is 0 Å². The summed E-state index contributed by atoms with van der Waals surface area (Å²) in [6.07, 6.45) is 3.79. The van der Waals surface area contributed by atoms with Gasteiger partial charge in [0.1, 0.15) is 5.60 Å². The fourth-order valence-corrected chi connectivity index (χ4v) is 2.06. The first-order valence-corrected chi connectivity index (χ1v) is 6.97. The largest absolute Gasteiger partial charge is 0.481 e. The lowest BCUT2D eigenvalue weighted by molar-refractivity contribution is -0.136. The van der Waals surface area contributed by atoms with Crippen molar-refractivity contribution in [3.8, 4) is 0 Å². The number of carbonyl (C=O) groups excluding carboxylic acids is 1. The minimum atomic E-state index is -0.817. The molecular formula is C14H21N3O4. The van der Waals surface area contributed by atoms with Crippen LogP contribution >= 0.6 is 0 Å². The van der Waals surface area contributed by atoms with Crippen LogP contribution in [0.15, 0.2) is 12.4 Å². The van der Waals surface area contributed by atoms with E-state index in [9.17, 15) is 9.59 Å². The van der Waals surface area contributed by atoms with Crippen molar-refractivity contribution in [1.82, 2.24) is 14.7 Å². The summed E-state index contributed by atoms with van der Waals surface area (Å²) in [5.41, 5.74) is 0.408. The number of carboxylic acids is 1. The van der Waals surface area contributed by atoms with Gasteiger partial charge in [-0.3, -0.25) is 9.48 Å². The molecule has 116 valence electrons. The summed E-state index contributed by atoms with van der Waals surface area (Å²) in [6, 6.07) is 0.135. The van der Waals surface area contributed by atoms with Gasteiger partial charge in [-0.1, -0.05) is 0 Å². The van der Waals surface area contributed by atoms with Gasteiger partial charge >= 0.3 is 12.1 Å². The molecule has 0 bridgehead atoms. The Bertz CT molecular complexity index is 527. The van der Waals surface area contributed by atoms with Crippen molar-refractivity contribution < 1.29 is 19.4 Å². The Morgan fingerprint density at radius 2 is 2.10 bits per heavy atom. The summed E-state index contributed by atoms with van der Waals surface area (Å²) in [4.78, 5) is 24.0. The molecule has 1 saturated heterocycles. The molecule has 0 saturated carbocycles. The van der Waals surface area contributed by atoms with Gasteiger partial charge in [0.25, 0.3) is 0 Å². The molecule has 2 rings (SSSR count). The van der Waals surface area contributed by atoms with Crippen LogP contribution in [0.4, 0.5) is 4.79 Å². The zero-order valence-electron chi connectivity index (χ0n) is 12.6. The molecule has 2 heterocycles. The van der Waals surface area contributed by atoms with Crippen LogP contribution in [0.1, 0.15) is 38.8 Å². The van der Waals surface area contributed by atoms with Crippen LogP contribution in [-0.2, 0) is 16.0 Å². The number of ether oxygens (including phenoxy) is 1. The SMILES string of the molecule is CC(C)(C)OC(=O)N1CC(n2cc(CCC(=O)O)cn2)C1. The van der Waals surface area contributed by atoms with Crippen molar-refractivity contribution in [1.29, 1.82) is 0 Å². The van der Waals surface area contributed by atoms with Gasteiger partial charge in [-0.2, -0.15) is 5.10 Å². The van der Waals surface area contributed by atoms with Crippen LogP contribution in [-0.4, -0.2) is 50.5 Å². The van der Waals surface area contributed by atoms with Crippen molar-refractivity contribution in [3.05, 3.63) is 18.0 Å². The molecule has 0 aliphatic carbocycles. The number of amides is 1. The first-order valence-electron chi connectivity index (χ1n) is 6.97. The maximum absolute atomic E-state index is 11.8. The fraction of sp³-hybridized carbons (Fsp3) is 0.643. The van der Waals surface area contributed by atoms with Gasteiger partial charge in [0, 0.05) is 25.7 Å². The van der Waals surface area contributed by atoms with Crippen molar-refractivity contribution >= 4 is 12.1 Å². The molecular weight excluding hydrogens is 274 g/mol. The quantitative estimate of drug-likeness (QED) is 0.913. The molecule has 1 aromatic heterocycles. The third kappa shape index (κ3) is 4.21. The summed E-state index contributed by atoms with van der Waals surface area (Å²) >= 11 is 0. The predicted molar refractivity (Wildman–Crippen MR) is 75.0 cm³/mol. The summed E-state index contributed by atoms with van der Waals surface area (Å²) in [5.74, 6) is -0.817. The zero-order valence-corrected chi connectivity index (χ0v) is 12.6. The van der Waals surface area contributed by atoms with Gasteiger partial charge < -0.3 is 14.7 Å². The number of hydrogen-bond donors (Lipinski definition) is 1. The highest BCUT2D eigenvalue weighted by Gasteiger charge is 2.35. The molecule has 0 radical (unpaired) electrons. The number of carboxylic acid groups (broad SMARTS) is 1. The van der Waals surface area contributed by atoms with E-state index in [1.54, 1.807) is 15.8 Å². The third-order valence-corrected chi connectivity index (χ3v) is 3.17. The molecule has 7 heteroatoms. The second kappa shape index (κ2) is 5.75. The molecule has 0 atom stereocenters. The van der Waals surface area contributed by atoms with Crippen molar-refractivity contribution in [2.45, 2.75) is 45.3 Å². The van der Waals surface area contributed by atoms with Gasteiger partial charge in [0.05, 0.1) is 12.2 Å². The third-order valence-electron chi connectivity index (χ3n) is 3.17. The highest BCUT2D eigenvalue weighted by molar-refractivity contribution is 5.69. The van der Waals surface area contributed by atoms with E-state index in [0.29, 0.717) is 19.5 Å². The number of rotatable bonds is 4. The molecule has 0 aromatic carbocycles. The van der Waals surface area contributed by atoms with Gasteiger partial charge in [0.2, 0.25) is 0 Å². The predicted octanol–water partition coefficient (Wildman–Crippen LogP) is 1.69. The van der Waals surface area contributed by atoms with E-state index in [2.05, 4.69) is 5.10 Å². The first-order chi connectivity index (χ1) is 9.74. The molecule has 1 aliphatic rings. The number of likely N-dealkylation sites (tertiary alicyclic amines) is 1. The van der Waals surface area contributed by atoms with Gasteiger partial charge in [-0.05, 0) is 32.8 Å². The monoisotopic (exact) mass is 295 g/mol. The summed E-state index contributed by atoms with van der Waals surface area (Å²) in [7, 11) is 0. The van der Waals surface area contributed by atoms with Crippen LogP contribution in [0, 0.1) is 0 Å². The number of carbonyl (C=O) groups is 2. The van der Waals surface area contributed by atoms with Gasteiger partial charge in [0.15, 0.2) is 0 Å². The molecule has 7 nitrogen and oxygen atoms in total. The van der Waals surface area contributed by atoms with E-state index in [4.69, 9.17) is 9.84 Å². The van der Waals surface area contributed by atoms with E-state index < -0.39 is 11.6 Å². The first kappa shape index (κ1) is 15.3. The maximum Gasteiger partial charge on any atom is 0.410 e. The average Bonchev–Trinajstić information content (AvgIpc) is 2.70. The summed E-state index contributed by atoms with van der Waals surface area (Å²) in [6.45, 7) is 6.64. The topological polar surface area (TPSA) is 84.7 Å². The standard InChI is InChI=1S/C14H21N3O4/c1-14(2,3)21-13(20)16-8-11(9-16)17-7-10(6-15-17)4-5-12(18)19/h6-7,11H,4-5,8-9H2,1-3H3,(H,18,19). The van der Waals surface area contributed by atoms with Crippen LogP contribution in [0.3, 0.4) is 0 Å². The van der Waals surface area contributed by atoms with E-state index in [1.165, 1.54) is 0 Å². The Hall–Kier alpha value is -2.05. The fourth-order valence-electron chi connectivity index (χ4n) is 2.06. The second-order valence-corrected chi connectivity index (χ2v) is 6.26. The minimum absolute atomic E-state index is 0.0976. The molecule has 1 amide bonds. The maximum atomic E-state index is 11.8.